The molecule has 0 unspecified atom stereocenters. The van der Waals surface area contributed by atoms with E-state index in [9.17, 15) is 22.4 Å². The predicted molar refractivity (Wildman–Crippen MR) is 98.3 cm³/mol. The summed E-state index contributed by atoms with van der Waals surface area (Å²) in [7, 11) is 0. The Balaban J connectivity index is 1.36. The van der Waals surface area contributed by atoms with Crippen LogP contribution in [0.1, 0.15) is 30.4 Å². The van der Waals surface area contributed by atoms with Gasteiger partial charge in [0.2, 0.25) is 5.89 Å². The van der Waals surface area contributed by atoms with Crippen molar-refractivity contribution in [3.63, 3.8) is 0 Å². The highest BCUT2D eigenvalue weighted by Gasteiger charge is 2.30. The Labute approximate surface area is 180 Å². The summed E-state index contributed by atoms with van der Waals surface area (Å²) in [6, 6.07) is 4.08. The van der Waals surface area contributed by atoms with E-state index in [1.54, 1.807) is 19.1 Å². The van der Waals surface area contributed by atoms with Gasteiger partial charge in [0.1, 0.15) is 24.3 Å². The number of halogens is 4. The summed E-state index contributed by atoms with van der Waals surface area (Å²) < 4.78 is 73.8. The van der Waals surface area contributed by atoms with Crippen molar-refractivity contribution in [3.05, 3.63) is 35.5 Å². The second kappa shape index (κ2) is 10.6. The third-order valence-corrected chi connectivity index (χ3v) is 4.43. The lowest BCUT2D eigenvalue weighted by molar-refractivity contribution is -0.325. The Morgan fingerprint density at radius 3 is 2.72 bits per heavy atom. The fourth-order valence-corrected chi connectivity index (χ4v) is 2.84. The lowest BCUT2D eigenvalue weighted by atomic mass is 10.1. The molecule has 1 fully saturated rings. The van der Waals surface area contributed by atoms with Crippen molar-refractivity contribution < 1.29 is 45.7 Å². The normalized spacial score (nSPS) is 18.9. The smallest absolute Gasteiger partial charge is 0.484 e. The molecular formula is C19H21F4N3O6. The van der Waals surface area contributed by atoms with E-state index in [1.807, 2.05) is 0 Å². The van der Waals surface area contributed by atoms with Crippen LogP contribution in [0.4, 0.5) is 17.6 Å². The fraction of sp³-hybridized carbons (Fsp3) is 0.526. The van der Waals surface area contributed by atoms with E-state index in [4.69, 9.17) is 18.6 Å². The van der Waals surface area contributed by atoms with Gasteiger partial charge < -0.3 is 23.9 Å². The topological polar surface area (TPSA) is 105 Å². The number of amides is 1. The molecule has 32 heavy (non-hydrogen) atoms. The van der Waals surface area contributed by atoms with Crippen molar-refractivity contribution in [2.45, 2.75) is 38.3 Å². The number of rotatable bonds is 9. The van der Waals surface area contributed by atoms with Gasteiger partial charge in [-0.2, -0.15) is 0 Å². The number of nitrogens with one attached hydrogen (secondary N) is 1. The fourth-order valence-electron chi connectivity index (χ4n) is 2.84. The van der Waals surface area contributed by atoms with Gasteiger partial charge in [0.05, 0.1) is 19.3 Å². The van der Waals surface area contributed by atoms with Gasteiger partial charge in [0.15, 0.2) is 6.61 Å². The van der Waals surface area contributed by atoms with Gasteiger partial charge in [-0.1, -0.05) is 11.2 Å². The number of ether oxygens (including phenoxy) is 4. The van der Waals surface area contributed by atoms with Gasteiger partial charge in [-0.25, -0.2) is 4.39 Å². The monoisotopic (exact) mass is 463 g/mol. The first-order valence-corrected chi connectivity index (χ1v) is 9.66. The van der Waals surface area contributed by atoms with Gasteiger partial charge in [-0.15, -0.1) is 18.3 Å². The quantitative estimate of drug-likeness (QED) is 0.447. The van der Waals surface area contributed by atoms with Gasteiger partial charge in [-0.05, 0) is 31.4 Å². The first kappa shape index (κ1) is 23.7. The molecule has 2 aromatic rings. The number of nitrogens with zero attached hydrogens (tertiary/aromatic N) is 2. The van der Waals surface area contributed by atoms with E-state index in [0.29, 0.717) is 18.4 Å². The maximum Gasteiger partial charge on any atom is 0.522 e. The van der Waals surface area contributed by atoms with Crippen LogP contribution in [0.2, 0.25) is 0 Å². The lowest BCUT2D eigenvalue weighted by Gasteiger charge is -2.27. The minimum absolute atomic E-state index is 0.117. The average Bonchev–Trinajstić information content (AvgIpc) is 3.21. The van der Waals surface area contributed by atoms with Crippen LogP contribution in [0.25, 0.3) is 0 Å². The molecule has 13 heteroatoms. The Bertz CT molecular complexity index is 899. The number of hydrogen-bond donors (Lipinski definition) is 1. The average molecular weight is 463 g/mol. The van der Waals surface area contributed by atoms with Crippen LogP contribution < -0.4 is 14.8 Å². The third-order valence-electron chi connectivity index (χ3n) is 4.43. The maximum absolute atomic E-state index is 13.5. The highest BCUT2D eigenvalue weighted by atomic mass is 19.4. The Hall–Kier alpha value is -2.93. The Morgan fingerprint density at radius 1 is 1.22 bits per heavy atom. The van der Waals surface area contributed by atoms with E-state index in [1.165, 1.54) is 6.07 Å². The molecule has 0 bridgehead atoms. The standard InChI is InChI=1S/C19H21F4N3O6/c1-11-2-4-13(8-14(11)20)29-10-16(27)24-12-3-5-15(30-9-12)17-25-26-18(32-17)28-6-7-31-19(21,22)23/h2,4,8,12,15H,3,5-7,9-10H2,1H3,(H,24,27)/t12-,15+/m1/s1. The number of benzene rings is 1. The van der Waals surface area contributed by atoms with Gasteiger partial charge >= 0.3 is 12.4 Å². The molecule has 0 aliphatic carbocycles. The first-order valence-electron chi connectivity index (χ1n) is 9.66. The molecule has 1 amide bonds. The highest BCUT2D eigenvalue weighted by Crippen LogP contribution is 2.28. The molecule has 0 radical (unpaired) electrons. The van der Waals surface area contributed by atoms with Crippen molar-refractivity contribution in [1.29, 1.82) is 0 Å². The van der Waals surface area contributed by atoms with E-state index in [-0.39, 0.29) is 42.9 Å². The highest BCUT2D eigenvalue weighted by molar-refractivity contribution is 5.77. The maximum atomic E-state index is 13.5. The molecule has 3 rings (SSSR count). The number of aromatic nitrogens is 2. The molecule has 0 saturated carbocycles. The van der Waals surface area contributed by atoms with Gasteiger partial charge in [0.25, 0.3) is 5.91 Å². The summed E-state index contributed by atoms with van der Waals surface area (Å²) in [5, 5.41) is 10.1. The Morgan fingerprint density at radius 2 is 2.03 bits per heavy atom. The SMILES string of the molecule is Cc1ccc(OCC(=O)N[C@@H]2CC[C@@H](c3nnc(OCCOC(F)(F)F)o3)OC2)cc1F. The van der Waals surface area contributed by atoms with Crippen LogP contribution in [0, 0.1) is 12.7 Å². The predicted octanol–water partition coefficient (Wildman–Crippen LogP) is 2.85. The summed E-state index contributed by atoms with van der Waals surface area (Å²) in [4.78, 5) is 12.1. The molecular weight excluding hydrogens is 442 g/mol. The molecule has 1 aliphatic rings. The lowest BCUT2D eigenvalue weighted by Crippen LogP contribution is -2.43. The largest absolute Gasteiger partial charge is 0.522 e. The zero-order valence-corrected chi connectivity index (χ0v) is 17.0. The molecule has 1 aromatic carbocycles. The minimum Gasteiger partial charge on any atom is -0.484 e. The zero-order valence-electron chi connectivity index (χ0n) is 17.0. The summed E-state index contributed by atoms with van der Waals surface area (Å²) in [5.41, 5.74) is 0.478. The van der Waals surface area contributed by atoms with E-state index in [2.05, 4.69) is 20.3 Å². The summed E-state index contributed by atoms with van der Waals surface area (Å²) >= 11 is 0. The summed E-state index contributed by atoms with van der Waals surface area (Å²) in [5.74, 6) is -0.430. The molecule has 0 spiro atoms. The first-order chi connectivity index (χ1) is 15.2. The van der Waals surface area contributed by atoms with Crippen LogP contribution >= 0.6 is 0 Å². The van der Waals surface area contributed by atoms with Crippen LogP contribution in [0.3, 0.4) is 0 Å². The third kappa shape index (κ3) is 7.34. The number of aryl methyl sites for hydroxylation is 1. The van der Waals surface area contributed by atoms with Crippen molar-refractivity contribution >= 4 is 5.91 Å². The molecule has 1 N–H and O–H groups in total. The Kier molecular flexibility index (Phi) is 7.85. The molecule has 1 aromatic heterocycles. The molecule has 2 atom stereocenters. The van der Waals surface area contributed by atoms with Crippen LogP contribution in [0.5, 0.6) is 11.8 Å². The van der Waals surface area contributed by atoms with Crippen molar-refractivity contribution in [2.24, 2.45) is 0 Å². The summed E-state index contributed by atoms with van der Waals surface area (Å²) in [6.07, 6.45) is -4.57. The second-order valence-electron chi connectivity index (χ2n) is 6.91. The number of carbonyl (C=O) groups excluding carboxylic acids is 1. The molecule has 1 aliphatic heterocycles. The second-order valence-corrected chi connectivity index (χ2v) is 6.91. The number of hydrogen-bond acceptors (Lipinski definition) is 8. The number of carbonyl (C=O) groups is 1. The van der Waals surface area contributed by atoms with E-state index >= 15 is 0 Å². The van der Waals surface area contributed by atoms with E-state index < -0.39 is 31.5 Å². The van der Waals surface area contributed by atoms with Crippen molar-refractivity contribution in [3.8, 4) is 11.8 Å². The van der Waals surface area contributed by atoms with Crippen molar-refractivity contribution in [1.82, 2.24) is 15.5 Å². The number of alkyl halides is 3. The van der Waals surface area contributed by atoms with Crippen molar-refractivity contribution in [2.75, 3.05) is 26.4 Å². The molecule has 2 heterocycles. The zero-order chi connectivity index (χ0) is 23.1. The molecule has 176 valence electrons. The van der Waals surface area contributed by atoms with Crippen LogP contribution in [0.15, 0.2) is 22.6 Å². The molecule has 9 nitrogen and oxygen atoms in total. The van der Waals surface area contributed by atoms with Crippen LogP contribution in [-0.2, 0) is 14.3 Å². The molecule has 1 saturated heterocycles. The van der Waals surface area contributed by atoms with E-state index in [0.717, 1.165) is 0 Å². The minimum atomic E-state index is -4.74. The van der Waals surface area contributed by atoms with Gasteiger partial charge in [-0.3, -0.25) is 9.53 Å². The van der Waals surface area contributed by atoms with Gasteiger partial charge in [0, 0.05) is 6.07 Å². The summed E-state index contributed by atoms with van der Waals surface area (Å²) in [6.45, 7) is 0.388. The van der Waals surface area contributed by atoms with Crippen LogP contribution in [-0.4, -0.2) is 54.9 Å².